The van der Waals surface area contributed by atoms with Gasteiger partial charge in [0.15, 0.2) is 0 Å². The standard InChI is InChI=1S/C13H16O4/c1-5-6-7-9-8(2)10(14)12(16-3)13(17-4)11(9)15/h5-6H,7H2,1-4H3/b6-5-. The van der Waals surface area contributed by atoms with Gasteiger partial charge in [-0.15, -0.1) is 0 Å². The first-order valence-corrected chi connectivity index (χ1v) is 5.31. The van der Waals surface area contributed by atoms with Gasteiger partial charge in [-0.1, -0.05) is 12.2 Å². The van der Waals surface area contributed by atoms with Crippen molar-refractivity contribution in [2.75, 3.05) is 14.2 Å². The third kappa shape index (κ3) is 2.30. The second-order valence-electron chi connectivity index (χ2n) is 3.60. The molecule has 0 saturated carbocycles. The zero-order valence-corrected chi connectivity index (χ0v) is 10.5. The highest BCUT2D eigenvalue weighted by molar-refractivity contribution is 6.23. The van der Waals surface area contributed by atoms with Gasteiger partial charge in [0.05, 0.1) is 14.2 Å². The molecule has 0 spiro atoms. The Kier molecular flexibility index (Phi) is 4.26. The summed E-state index contributed by atoms with van der Waals surface area (Å²) in [5, 5.41) is 0. The quantitative estimate of drug-likeness (QED) is 0.553. The minimum absolute atomic E-state index is 0.0115. The van der Waals surface area contributed by atoms with Crippen molar-refractivity contribution in [1.29, 1.82) is 0 Å². The molecule has 0 N–H and O–H groups in total. The summed E-state index contributed by atoms with van der Waals surface area (Å²) in [6.07, 6.45) is 4.09. The Morgan fingerprint density at radius 1 is 1.06 bits per heavy atom. The Morgan fingerprint density at radius 3 is 2.06 bits per heavy atom. The van der Waals surface area contributed by atoms with Crippen molar-refractivity contribution in [3.8, 4) is 0 Å². The van der Waals surface area contributed by atoms with Crippen LogP contribution in [0.2, 0.25) is 0 Å². The fraction of sp³-hybridized carbons (Fsp3) is 0.385. The highest BCUT2D eigenvalue weighted by Crippen LogP contribution is 2.27. The normalized spacial score (nSPS) is 17.2. The van der Waals surface area contributed by atoms with E-state index in [0.717, 1.165) is 0 Å². The van der Waals surface area contributed by atoms with Gasteiger partial charge in [0.25, 0.3) is 0 Å². The molecule has 0 aromatic carbocycles. The number of carbonyl (C=O) groups excluding carboxylic acids is 2. The maximum absolute atomic E-state index is 12.1. The van der Waals surface area contributed by atoms with Crippen LogP contribution in [-0.2, 0) is 19.1 Å². The summed E-state index contributed by atoms with van der Waals surface area (Å²) in [6.45, 7) is 3.49. The smallest absolute Gasteiger partial charge is 0.228 e. The van der Waals surface area contributed by atoms with E-state index in [-0.39, 0.29) is 23.1 Å². The molecule has 0 saturated heterocycles. The van der Waals surface area contributed by atoms with Crippen molar-refractivity contribution in [3.05, 3.63) is 34.8 Å². The average molecular weight is 236 g/mol. The summed E-state index contributed by atoms with van der Waals surface area (Å²) in [5.74, 6) is -0.593. The van der Waals surface area contributed by atoms with E-state index in [0.29, 0.717) is 17.6 Å². The zero-order valence-electron chi connectivity index (χ0n) is 10.5. The van der Waals surface area contributed by atoms with E-state index < -0.39 is 0 Å². The molecule has 0 amide bonds. The van der Waals surface area contributed by atoms with Crippen LogP contribution in [0.3, 0.4) is 0 Å². The average Bonchev–Trinajstić information content (AvgIpc) is 2.33. The first-order valence-electron chi connectivity index (χ1n) is 5.31. The fourth-order valence-electron chi connectivity index (χ4n) is 1.67. The maximum Gasteiger partial charge on any atom is 0.228 e. The van der Waals surface area contributed by atoms with Gasteiger partial charge >= 0.3 is 0 Å². The lowest BCUT2D eigenvalue weighted by Crippen LogP contribution is -2.24. The van der Waals surface area contributed by atoms with Crippen LogP contribution in [0.5, 0.6) is 0 Å². The molecule has 0 fully saturated rings. The summed E-state index contributed by atoms with van der Waals surface area (Å²) in [5.41, 5.74) is 0.886. The Balaban J connectivity index is 3.23. The van der Waals surface area contributed by atoms with Crippen LogP contribution < -0.4 is 0 Å². The van der Waals surface area contributed by atoms with E-state index in [9.17, 15) is 9.59 Å². The molecule has 0 unspecified atom stereocenters. The predicted molar refractivity (Wildman–Crippen MR) is 63.2 cm³/mol. The van der Waals surface area contributed by atoms with Crippen LogP contribution in [0, 0.1) is 0 Å². The topological polar surface area (TPSA) is 52.6 Å². The molecular formula is C13H16O4. The van der Waals surface area contributed by atoms with Crippen LogP contribution in [0.1, 0.15) is 20.3 Å². The number of Topliss-reactive ketones (excluding diaryl/α,β-unsaturated/α-hetero) is 2. The largest absolute Gasteiger partial charge is 0.489 e. The number of allylic oxidation sites excluding steroid dienone is 4. The molecule has 4 heteroatoms. The number of methoxy groups -OCH3 is 2. The Morgan fingerprint density at radius 2 is 1.59 bits per heavy atom. The number of ether oxygens (including phenoxy) is 2. The fourth-order valence-corrected chi connectivity index (χ4v) is 1.67. The zero-order chi connectivity index (χ0) is 13.0. The molecule has 1 rings (SSSR count). The number of hydrogen-bond donors (Lipinski definition) is 0. The molecule has 4 nitrogen and oxygen atoms in total. The first kappa shape index (κ1) is 13.2. The first-order chi connectivity index (χ1) is 8.08. The second-order valence-corrected chi connectivity index (χ2v) is 3.60. The molecule has 0 aromatic heterocycles. The van der Waals surface area contributed by atoms with Crippen LogP contribution in [0.25, 0.3) is 0 Å². The molecule has 0 aliphatic heterocycles. The van der Waals surface area contributed by atoms with E-state index in [1.165, 1.54) is 14.2 Å². The van der Waals surface area contributed by atoms with Gasteiger partial charge in [-0.05, 0) is 20.3 Å². The van der Waals surface area contributed by atoms with Crippen LogP contribution >= 0.6 is 0 Å². The number of rotatable bonds is 4. The van der Waals surface area contributed by atoms with Gasteiger partial charge in [0, 0.05) is 11.1 Å². The van der Waals surface area contributed by atoms with E-state index >= 15 is 0 Å². The van der Waals surface area contributed by atoms with Gasteiger partial charge in [-0.25, -0.2) is 0 Å². The third-order valence-corrected chi connectivity index (χ3v) is 2.65. The van der Waals surface area contributed by atoms with Crippen molar-refractivity contribution in [2.24, 2.45) is 0 Å². The van der Waals surface area contributed by atoms with Crippen LogP contribution in [0.15, 0.2) is 34.8 Å². The van der Waals surface area contributed by atoms with Crippen molar-refractivity contribution < 1.29 is 19.1 Å². The maximum atomic E-state index is 12.1. The van der Waals surface area contributed by atoms with E-state index in [4.69, 9.17) is 9.47 Å². The van der Waals surface area contributed by atoms with E-state index in [2.05, 4.69) is 0 Å². The summed E-state index contributed by atoms with van der Waals surface area (Å²) in [7, 11) is 2.71. The molecular weight excluding hydrogens is 220 g/mol. The molecule has 0 radical (unpaired) electrons. The highest BCUT2D eigenvalue weighted by atomic mass is 16.5. The lowest BCUT2D eigenvalue weighted by atomic mass is 9.91. The molecule has 17 heavy (non-hydrogen) atoms. The molecule has 0 atom stereocenters. The number of hydrogen-bond acceptors (Lipinski definition) is 4. The SMILES string of the molecule is C/C=C\CC1=C(C)C(=O)C(OC)=C(OC)C1=O. The Labute approximate surface area is 101 Å². The number of carbonyl (C=O) groups is 2. The van der Waals surface area contributed by atoms with Crippen molar-refractivity contribution in [3.63, 3.8) is 0 Å². The van der Waals surface area contributed by atoms with Gasteiger partial charge in [-0.3, -0.25) is 9.59 Å². The summed E-state index contributed by atoms with van der Waals surface area (Å²) >= 11 is 0. The summed E-state index contributed by atoms with van der Waals surface area (Å²) < 4.78 is 9.89. The minimum Gasteiger partial charge on any atom is -0.489 e. The molecule has 0 aromatic rings. The molecule has 1 aliphatic carbocycles. The molecule has 1 aliphatic rings. The molecule has 0 heterocycles. The van der Waals surface area contributed by atoms with Crippen molar-refractivity contribution in [1.82, 2.24) is 0 Å². The lowest BCUT2D eigenvalue weighted by Gasteiger charge is -2.19. The molecule has 92 valence electrons. The Hall–Kier alpha value is -1.84. The molecule has 0 bridgehead atoms. The van der Waals surface area contributed by atoms with E-state index in [1.54, 1.807) is 6.92 Å². The third-order valence-electron chi connectivity index (χ3n) is 2.65. The summed E-state index contributed by atoms with van der Waals surface area (Å²) in [6, 6.07) is 0. The van der Waals surface area contributed by atoms with Gasteiger partial charge in [-0.2, -0.15) is 0 Å². The highest BCUT2D eigenvalue weighted by Gasteiger charge is 2.33. The number of ketones is 2. The second kappa shape index (κ2) is 5.48. The van der Waals surface area contributed by atoms with Crippen molar-refractivity contribution in [2.45, 2.75) is 20.3 Å². The lowest BCUT2D eigenvalue weighted by molar-refractivity contribution is -0.121. The van der Waals surface area contributed by atoms with Gasteiger partial charge in [0.2, 0.25) is 23.1 Å². The van der Waals surface area contributed by atoms with Gasteiger partial charge in [0.1, 0.15) is 0 Å². The van der Waals surface area contributed by atoms with Gasteiger partial charge < -0.3 is 9.47 Å². The van der Waals surface area contributed by atoms with Crippen molar-refractivity contribution >= 4 is 11.6 Å². The predicted octanol–water partition coefficient (Wildman–Crippen LogP) is 1.93. The van der Waals surface area contributed by atoms with Crippen LogP contribution in [0.4, 0.5) is 0 Å². The minimum atomic E-state index is -0.288. The van der Waals surface area contributed by atoms with Crippen LogP contribution in [-0.4, -0.2) is 25.8 Å². The Bertz CT molecular complexity index is 438. The monoisotopic (exact) mass is 236 g/mol. The summed E-state index contributed by atoms with van der Waals surface area (Å²) in [4.78, 5) is 24.0. The van der Waals surface area contributed by atoms with E-state index in [1.807, 2.05) is 19.1 Å².